The van der Waals surface area contributed by atoms with Gasteiger partial charge < -0.3 is 69.3 Å². The van der Waals surface area contributed by atoms with Crippen molar-refractivity contribution in [1.29, 1.82) is 0 Å². The maximum atomic E-state index is 14.0. The molecule has 0 radical (unpaired) electrons. The van der Waals surface area contributed by atoms with E-state index in [0.717, 1.165) is 27.4 Å². The Bertz CT molecular complexity index is 2950. The molecule has 2 saturated heterocycles. The number of piperazine rings is 1. The molecule has 3 aromatic carbocycles. The van der Waals surface area contributed by atoms with Gasteiger partial charge in [-0.05, 0) is 61.1 Å². The molecular weight excluding hydrogens is 1100 g/mol. The average molecular weight is 1180 g/mol. The lowest BCUT2D eigenvalue weighted by atomic mass is 9.85. The number of anilines is 5. The van der Waals surface area contributed by atoms with Crippen LogP contribution in [0.5, 0.6) is 5.75 Å². The average Bonchev–Trinajstić information content (AvgIpc) is 4.29. The predicted molar refractivity (Wildman–Crippen MR) is 315 cm³/mol. The van der Waals surface area contributed by atoms with Gasteiger partial charge in [-0.2, -0.15) is 4.98 Å². The van der Waals surface area contributed by atoms with Crippen LogP contribution >= 0.6 is 30.1 Å². The van der Waals surface area contributed by atoms with Crippen molar-refractivity contribution in [3.8, 4) is 16.2 Å². The maximum absolute atomic E-state index is 14.0. The van der Waals surface area contributed by atoms with Crippen molar-refractivity contribution in [2.45, 2.75) is 71.7 Å². The van der Waals surface area contributed by atoms with Crippen molar-refractivity contribution in [3.63, 3.8) is 0 Å². The molecule has 2 aromatic heterocycles. The van der Waals surface area contributed by atoms with Crippen molar-refractivity contribution in [2.75, 3.05) is 122 Å². The largest absolute Gasteiger partial charge is 0.494 e. The van der Waals surface area contributed by atoms with Gasteiger partial charge in [0.15, 0.2) is 5.82 Å². The molecule has 21 nitrogen and oxygen atoms in total. The summed E-state index contributed by atoms with van der Waals surface area (Å²) >= 11 is 8.03. The first-order valence-corrected chi connectivity index (χ1v) is 30.9. The first-order chi connectivity index (χ1) is 38.8. The van der Waals surface area contributed by atoms with Crippen molar-refractivity contribution in [1.82, 2.24) is 35.4 Å². The molecule has 0 aliphatic carbocycles. The number of nitrogens with zero attached hydrogens (tertiary/aromatic N) is 6. The number of ether oxygens (including phenoxy) is 5. The van der Waals surface area contributed by atoms with E-state index < -0.39 is 36.7 Å². The van der Waals surface area contributed by atoms with E-state index >= 15 is 0 Å². The van der Waals surface area contributed by atoms with E-state index in [1.165, 1.54) is 11.1 Å². The number of rotatable bonds is 28. The summed E-state index contributed by atoms with van der Waals surface area (Å²) in [5.41, 5.74) is 6.27. The number of nitrogens with one attached hydrogen (secondary N) is 4. The molecule has 4 heterocycles. The zero-order chi connectivity index (χ0) is 58.1. The highest BCUT2D eigenvalue weighted by molar-refractivity contribution is 7.70. The topological polar surface area (TPSA) is 248 Å². The number of benzene rings is 3. The van der Waals surface area contributed by atoms with E-state index in [0.29, 0.717) is 92.5 Å². The molecule has 0 saturated carbocycles. The molecule has 0 spiro atoms. The normalized spacial score (nSPS) is 16.0. The van der Waals surface area contributed by atoms with Crippen LogP contribution in [-0.2, 0) is 49.2 Å². The molecule has 3 atom stereocenters. The van der Waals surface area contributed by atoms with E-state index in [9.17, 15) is 28.8 Å². The molecule has 2 aliphatic heterocycles. The molecule has 7 rings (SSSR count). The number of aryl methyl sites for hydroxylation is 1. The monoisotopic (exact) mass is 1170 g/mol. The Kier molecular flexibility index (Phi) is 22.8. The number of carbonyl (C=O) groups excluding carboxylic acids is 4. The Balaban J connectivity index is 0.713. The number of carbonyl (C=O) groups is 4. The van der Waals surface area contributed by atoms with Crippen LogP contribution in [-0.4, -0.2) is 178 Å². The number of aliphatic hydroxyl groups is 1. The molecule has 24 heteroatoms. The van der Waals surface area contributed by atoms with Gasteiger partial charge in [-0.1, -0.05) is 68.8 Å². The number of hydrogen-bond donors (Lipinski definition) is 5. The number of amides is 4. The van der Waals surface area contributed by atoms with Gasteiger partial charge in [-0.15, -0.1) is 11.3 Å². The van der Waals surface area contributed by atoms with E-state index in [4.69, 9.17) is 35.3 Å². The number of thiazole rings is 1. The zero-order valence-corrected chi connectivity index (χ0v) is 49.7. The third-order valence-corrected chi connectivity index (χ3v) is 16.5. The van der Waals surface area contributed by atoms with Gasteiger partial charge in [0.2, 0.25) is 29.6 Å². The van der Waals surface area contributed by atoms with Gasteiger partial charge in [0.05, 0.1) is 106 Å². The molecular formula is C57H76ClN10O11PS. The number of halogens is 1. The fourth-order valence-corrected chi connectivity index (χ4v) is 11.4. The van der Waals surface area contributed by atoms with Crippen LogP contribution in [0.2, 0.25) is 5.02 Å². The molecule has 5 N–H and O–H groups in total. The van der Waals surface area contributed by atoms with Gasteiger partial charge in [0.25, 0.3) is 0 Å². The van der Waals surface area contributed by atoms with Crippen molar-refractivity contribution >= 4 is 87.8 Å². The molecule has 4 amide bonds. The third-order valence-electron chi connectivity index (χ3n) is 13.7. The summed E-state index contributed by atoms with van der Waals surface area (Å²) < 4.78 is 41.2. The first kappa shape index (κ1) is 62.4. The number of aliphatic hydroxyl groups excluding tert-OH is 1. The Morgan fingerprint density at radius 2 is 1.49 bits per heavy atom. The minimum atomic E-state index is -2.58. The number of β-amino-alcohol motifs (C(OH)–C–C–N with tert-alkyl or cyclic N) is 1. The Labute approximate surface area is 483 Å². The quantitative estimate of drug-likeness (QED) is 0.0261. The number of para-hydroxylation sites is 1. The fraction of sp³-hybridized carbons (Fsp3) is 0.491. The fourth-order valence-electron chi connectivity index (χ4n) is 9.26. The van der Waals surface area contributed by atoms with Crippen LogP contribution in [0.25, 0.3) is 10.4 Å². The number of likely N-dealkylation sites (tertiary alicyclic amines) is 1. The smallest absolute Gasteiger partial charge is 0.246 e. The first-order valence-electron chi connectivity index (χ1n) is 27.1. The Morgan fingerprint density at radius 3 is 2.12 bits per heavy atom. The SMILES string of the molecule is COc1cc(N2CCN(C(=O)CCOCCOCCOCCOCCC(=O)NC(C(=O)N3CC(O)CC3C(=O)NCc3ccc(-c4scnc4C)cc3)C(C)(C)C)CC2)ccc1Nc1ncc(Cl)c(Nc2ccccc2P(C)(C)=O)n1. The second-order valence-corrected chi connectivity index (χ2v) is 25.6. The third kappa shape index (κ3) is 18.1. The van der Waals surface area contributed by atoms with E-state index in [-0.39, 0.29) is 75.8 Å². The van der Waals surface area contributed by atoms with Crippen molar-refractivity contribution in [3.05, 3.63) is 94.7 Å². The summed E-state index contributed by atoms with van der Waals surface area (Å²) in [5.74, 6) is 0.0824. The highest BCUT2D eigenvalue weighted by atomic mass is 35.5. The van der Waals surface area contributed by atoms with Gasteiger partial charge in [0, 0.05) is 69.2 Å². The van der Waals surface area contributed by atoms with Crippen LogP contribution in [0.15, 0.2) is 78.4 Å². The Morgan fingerprint density at radius 1 is 0.840 bits per heavy atom. The summed E-state index contributed by atoms with van der Waals surface area (Å²) in [6.45, 7) is 15.9. The Hall–Kier alpha value is -6.23. The molecule has 5 aromatic rings. The van der Waals surface area contributed by atoms with Crippen LogP contribution in [0.4, 0.5) is 28.8 Å². The van der Waals surface area contributed by atoms with Crippen molar-refractivity contribution in [2.24, 2.45) is 5.41 Å². The van der Waals surface area contributed by atoms with Gasteiger partial charge in [-0.3, -0.25) is 19.2 Å². The minimum absolute atomic E-state index is 0.0117. The van der Waals surface area contributed by atoms with E-state index in [2.05, 4.69) is 41.1 Å². The number of aromatic nitrogens is 3. The number of hydrogen-bond acceptors (Lipinski definition) is 18. The molecule has 0 bridgehead atoms. The second-order valence-electron chi connectivity index (χ2n) is 21.2. The van der Waals surface area contributed by atoms with Crippen LogP contribution in [0.1, 0.15) is 51.3 Å². The highest BCUT2D eigenvalue weighted by Crippen LogP contribution is 2.39. The van der Waals surface area contributed by atoms with Gasteiger partial charge in [0.1, 0.15) is 30.0 Å². The lowest BCUT2D eigenvalue weighted by Gasteiger charge is -2.36. The molecule has 2 aliphatic rings. The summed E-state index contributed by atoms with van der Waals surface area (Å²) in [6, 6.07) is 19.2. The summed E-state index contributed by atoms with van der Waals surface area (Å²) in [6.07, 6.45) is 0.991. The number of methoxy groups -OCH3 is 1. The highest BCUT2D eigenvalue weighted by Gasteiger charge is 2.44. The summed E-state index contributed by atoms with van der Waals surface area (Å²) in [5, 5.41) is 23.8. The van der Waals surface area contributed by atoms with E-state index in [1.54, 1.807) is 31.8 Å². The van der Waals surface area contributed by atoms with Crippen molar-refractivity contribution < 1.29 is 52.5 Å². The summed E-state index contributed by atoms with van der Waals surface area (Å²) in [4.78, 5) is 73.3. The maximum Gasteiger partial charge on any atom is 0.246 e. The molecule has 2 fully saturated rings. The van der Waals surface area contributed by atoms with Crippen LogP contribution in [0.3, 0.4) is 0 Å². The lowest BCUT2D eigenvalue weighted by molar-refractivity contribution is -0.144. The standard InChI is InChI=1S/C57H76ClN10O11PS/c1-38-51(81-37-61-38)40-14-12-39(13-15-40)34-59-54(72)46-33-42(69)36-68(46)55(73)52(57(2,3)4)64-49(70)18-24-76-26-28-78-30-31-79-29-27-77-25-19-50(71)67-22-20-66(21-23-67)41-16-17-44(47(32-41)75-5)63-56-60-35-43(58)53(65-56)62-45-10-8-9-11-48(45)80(6,7)74/h8-17,32,35,37,42,46,52,69H,18-31,33-34,36H2,1-7H3,(H,59,72)(H,64,70)(H2,60,62,63,65). The van der Waals surface area contributed by atoms with Gasteiger partial charge in [-0.25, -0.2) is 9.97 Å². The second kappa shape index (κ2) is 29.7. The van der Waals surface area contributed by atoms with Gasteiger partial charge >= 0.3 is 0 Å². The zero-order valence-electron chi connectivity index (χ0n) is 47.2. The molecule has 3 unspecified atom stereocenters. The minimum Gasteiger partial charge on any atom is -0.494 e. The lowest BCUT2D eigenvalue weighted by Crippen LogP contribution is -2.57. The van der Waals surface area contributed by atoms with Crippen LogP contribution in [0, 0.1) is 12.3 Å². The predicted octanol–water partition coefficient (Wildman–Crippen LogP) is 6.61. The molecule has 438 valence electrons. The molecule has 81 heavy (non-hydrogen) atoms. The van der Waals surface area contributed by atoms with E-state index in [1.807, 2.05) is 105 Å². The summed E-state index contributed by atoms with van der Waals surface area (Å²) in [7, 11) is -0.989. The van der Waals surface area contributed by atoms with Crippen LogP contribution < -0.4 is 36.2 Å².